The van der Waals surface area contributed by atoms with Gasteiger partial charge in [0.05, 0.1) is 11.9 Å². The molecule has 3 rings (SSSR count). The Kier molecular flexibility index (Phi) is 3.93. The second-order valence-corrected chi connectivity index (χ2v) is 5.19. The number of nitrogens with one attached hydrogen (secondary N) is 2. The number of aromatic amines is 1. The van der Waals surface area contributed by atoms with Gasteiger partial charge in [-0.15, -0.1) is 0 Å². The Morgan fingerprint density at radius 2 is 2.09 bits per heavy atom. The van der Waals surface area contributed by atoms with Crippen LogP contribution in [0.25, 0.3) is 0 Å². The van der Waals surface area contributed by atoms with Gasteiger partial charge in [0.2, 0.25) is 0 Å². The highest BCUT2D eigenvalue weighted by atomic mass is 35.5. The van der Waals surface area contributed by atoms with Crippen molar-refractivity contribution >= 4 is 17.3 Å². The molecule has 0 fully saturated rings. The number of hydrogen-bond donors (Lipinski definition) is 2. The van der Waals surface area contributed by atoms with Crippen molar-refractivity contribution in [1.29, 1.82) is 0 Å². The van der Waals surface area contributed by atoms with Crippen molar-refractivity contribution in [2.75, 3.05) is 5.32 Å². The van der Waals surface area contributed by atoms with Gasteiger partial charge >= 0.3 is 0 Å². The van der Waals surface area contributed by atoms with Crippen LogP contribution < -0.4 is 10.9 Å². The van der Waals surface area contributed by atoms with Gasteiger partial charge in [-0.2, -0.15) is 5.10 Å². The first-order valence-electron chi connectivity index (χ1n) is 6.68. The van der Waals surface area contributed by atoms with Gasteiger partial charge < -0.3 is 9.88 Å². The molecule has 2 aromatic heterocycles. The van der Waals surface area contributed by atoms with Crippen molar-refractivity contribution in [3.05, 3.63) is 75.7 Å². The van der Waals surface area contributed by atoms with Crippen molar-refractivity contribution in [2.45, 2.75) is 6.04 Å². The topological polar surface area (TPSA) is 75.6 Å². The Balaban J connectivity index is 2.05. The Labute approximate surface area is 131 Å². The highest BCUT2D eigenvalue weighted by molar-refractivity contribution is 6.32. The molecule has 0 aliphatic carbocycles. The minimum Gasteiger partial charge on any atom is -0.369 e. The average Bonchev–Trinajstić information content (AvgIpc) is 2.95. The zero-order valence-electron chi connectivity index (χ0n) is 11.8. The standard InChI is InChI=1S/C15H14ClN5O/c1-21-8-7-17-14(21)13(10-5-3-2-4-6-10)19-11-9-18-20-15(22)12(11)16/h2-9,13H,1H3,(H2,19,20,22)/t13-/m1/s1. The molecule has 1 atom stereocenters. The summed E-state index contributed by atoms with van der Waals surface area (Å²) in [6, 6.07) is 9.57. The van der Waals surface area contributed by atoms with Crippen molar-refractivity contribution in [1.82, 2.24) is 19.7 Å². The molecule has 2 N–H and O–H groups in total. The van der Waals surface area contributed by atoms with Gasteiger partial charge in [-0.1, -0.05) is 41.9 Å². The van der Waals surface area contributed by atoms with Crippen LogP contribution in [0, 0.1) is 0 Å². The number of H-pyrrole nitrogens is 1. The van der Waals surface area contributed by atoms with Gasteiger partial charge in [-0.25, -0.2) is 10.1 Å². The largest absolute Gasteiger partial charge is 0.369 e. The fraction of sp³-hybridized carbons (Fsp3) is 0.133. The summed E-state index contributed by atoms with van der Waals surface area (Å²) < 4.78 is 1.92. The van der Waals surface area contributed by atoms with E-state index in [2.05, 4.69) is 20.5 Å². The van der Waals surface area contributed by atoms with Gasteiger partial charge in [-0.3, -0.25) is 4.79 Å². The summed E-state index contributed by atoms with van der Waals surface area (Å²) in [6.45, 7) is 0. The van der Waals surface area contributed by atoms with Crippen LogP contribution in [-0.4, -0.2) is 19.7 Å². The van der Waals surface area contributed by atoms with E-state index in [1.807, 2.05) is 48.1 Å². The molecule has 0 amide bonds. The number of rotatable bonds is 4. The Bertz CT molecular complexity index is 827. The van der Waals surface area contributed by atoms with E-state index in [0.29, 0.717) is 5.69 Å². The maximum Gasteiger partial charge on any atom is 0.285 e. The number of aryl methyl sites for hydroxylation is 1. The van der Waals surface area contributed by atoms with Crippen LogP contribution in [0.1, 0.15) is 17.4 Å². The van der Waals surface area contributed by atoms with Crippen LogP contribution >= 0.6 is 11.6 Å². The highest BCUT2D eigenvalue weighted by Crippen LogP contribution is 2.27. The minimum atomic E-state index is -0.432. The number of aromatic nitrogens is 4. The Morgan fingerprint density at radius 1 is 1.32 bits per heavy atom. The molecule has 0 saturated heterocycles. The van der Waals surface area contributed by atoms with Gasteiger partial charge in [0.15, 0.2) is 0 Å². The van der Waals surface area contributed by atoms with Crippen LogP contribution in [0.15, 0.2) is 53.7 Å². The fourth-order valence-electron chi connectivity index (χ4n) is 2.24. The van der Waals surface area contributed by atoms with E-state index in [0.717, 1.165) is 11.4 Å². The number of anilines is 1. The molecule has 0 saturated carbocycles. The summed E-state index contributed by atoms with van der Waals surface area (Å²) in [5.41, 5.74) is 1.04. The monoisotopic (exact) mass is 315 g/mol. The normalized spacial score (nSPS) is 12.1. The Hall–Kier alpha value is -2.60. The molecular formula is C15H14ClN5O. The molecule has 0 aliphatic rings. The van der Waals surface area contributed by atoms with Crippen LogP contribution in [0.4, 0.5) is 5.69 Å². The first-order valence-corrected chi connectivity index (χ1v) is 7.06. The lowest BCUT2D eigenvalue weighted by Gasteiger charge is -2.20. The molecule has 1 aromatic carbocycles. The third-order valence-corrected chi connectivity index (χ3v) is 3.72. The lowest BCUT2D eigenvalue weighted by Crippen LogP contribution is -2.19. The molecule has 112 valence electrons. The molecule has 0 aliphatic heterocycles. The third-order valence-electron chi connectivity index (χ3n) is 3.34. The number of halogens is 1. The maximum absolute atomic E-state index is 11.6. The fourth-order valence-corrected chi connectivity index (χ4v) is 2.38. The summed E-state index contributed by atoms with van der Waals surface area (Å²) in [4.78, 5) is 16.0. The van der Waals surface area contributed by atoms with Crippen LogP contribution in [0.3, 0.4) is 0 Å². The second kappa shape index (κ2) is 6.03. The van der Waals surface area contributed by atoms with E-state index in [1.165, 1.54) is 6.20 Å². The van der Waals surface area contributed by atoms with Crippen molar-refractivity contribution in [3.63, 3.8) is 0 Å². The van der Waals surface area contributed by atoms with E-state index in [4.69, 9.17) is 11.6 Å². The predicted octanol–water partition coefficient (Wildman–Crippen LogP) is 2.36. The summed E-state index contributed by atoms with van der Waals surface area (Å²) in [7, 11) is 1.91. The molecule has 3 aromatic rings. The van der Waals surface area contributed by atoms with Crippen LogP contribution in [-0.2, 0) is 7.05 Å². The second-order valence-electron chi connectivity index (χ2n) is 4.81. The quantitative estimate of drug-likeness (QED) is 0.775. The summed E-state index contributed by atoms with van der Waals surface area (Å²) in [5.74, 6) is 0.808. The third kappa shape index (κ3) is 2.73. The van der Waals surface area contributed by atoms with Gasteiger partial charge in [-0.05, 0) is 5.56 Å². The molecule has 0 spiro atoms. The minimum absolute atomic E-state index is 0.0742. The molecule has 22 heavy (non-hydrogen) atoms. The summed E-state index contributed by atoms with van der Waals surface area (Å²) in [5, 5.41) is 9.41. The first kappa shape index (κ1) is 14.3. The van der Waals surface area contributed by atoms with E-state index >= 15 is 0 Å². The number of benzene rings is 1. The van der Waals surface area contributed by atoms with E-state index in [1.54, 1.807) is 6.20 Å². The summed E-state index contributed by atoms with van der Waals surface area (Å²) >= 11 is 6.05. The lowest BCUT2D eigenvalue weighted by atomic mass is 10.1. The molecule has 6 nitrogen and oxygen atoms in total. The predicted molar refractivity (Wildman–Crippen MR) is 85.0 cm³/mol. The van der Waals surface area contributed by atoms with Crippen molar-refractivity contribution in [2.24, 2.45) is 7.05 Å². The van der Waals surface area contributed by atoms with E-state index in [-0.39, 0.29) is 11.1 Å². The van der Waals surface area contributed by atoms with Gasteiger partial charge in [0.25, 0.3) is 5.56 Å². The van der Waals surface area contributed by atoms with E-state index < -0.39 is 5.56 Å². The van der Waals surface area contributed by atoms with Crippen molar-refractivity contribution in [3.8, 4) is 0 Å². The molecule has 0 bridgehead atoms. The van der Waals surface area contributed by atoms with Gasteiger partial charge in [0, 0.05) is 19.4 Å². The maximum atomic E-state index is 11.6. The van der Waals surface area contributed by atoms with Gasteiger partial charge in [0.1, 0.15) is 16.9 Å². The van der Waals surface area contributed by atoms with Crippen LogP contribution in [0.2, 0.25) is 5.02 Å². The molecule has 2 heterocycles. The number of nitrogens with zero attached hydrogens (tertiary/aromatic N) is 3. The average molecular weight is 316 g/mol. The number of hydrogen-bond acceptors (Lipinski definition) is 4. The lowest BCUT2D eigenvalue weighted by molar-refractivity contribution is 0.747. The Morgan fingerprint density at radius 3 is 2.77 bits per heavy atom. The summed E-state index contributed by atoms with van der Waals surface area (Å²) in [6.07, 6.45) is 5.08. The molecular weight excluding hydrogens is 302 g/mol. The van der Waals surface area contributed by atoms with E-state index in [9.17, 15) is 4.79 Å². The smallest absolute Gasteiger partial charge is 0.285 e. The zero-order chi connectivity index (χ0) is 15.5. The zero-order valence-corrected chi connectivity index (χ0v) is 12.6. The molecule has 7 heteroatoms. The SMILES string of the molecule is Cn1ccnc1[C@H](Nc1cn[nH]c(=O)c1Cl)c1ccccc1. The van der Waals surface area contributed by atoms with Crippen LogP contribution in [0.5, 0.6) is 0 Å². The molecule has 0 radical (unpaired) electrons. The highest BCUT2D eigenvalue weighted by Gasteiger charge is 2.19. The molecule has 0 unspecified atom stereocenters. The van der Waals surface area contributed by atoms with Crippen molar-refractivity contribution < 1.29 is 0 Å². The first-order chi connectivity index (χ1) is 10.7. The number of imidazole rings is 1.